The molecule has 26 heavy (non-hydrogen) atoms. The van der Waals surface area contributed by atoms with E-state index in [4.69, 9.17) is 14.8 Å². The zero-order chi connectivity index (χ0) is 18.7. The van der Waals surface area contributed by atoms with E-state index in [-0.39, 0.29) is 35.9 Å². The molecule has 1 atom stereocenters. The van der Waals surface area contributed by atoms with Gasteiger partial charge < -0.3 is 30.3 Å². The Hall–Kier alpha value is -1.81. The predicted molar refractivity (Wildman–Crippen MR) is 95.6 cm³/mol. The predicted octanol–water partition coefficient (Wildman–Crippen LogP) is -0.0793. The van der Waals surface area contributed by atoms with Crippen molar-refractivity contribution in [3.63, 3.8) is 0 Å². The smallest absolute Gasteiger partial charge is 0.451 e. The van der Waals surface area contributed by atoms with E-state index >= 15 is 0 Å². The summed E-state index contributed by atoms with van der Waals surface area (Å²) >= 11 is 0. The molecule has 2 heterocycles. The number of ether oxygens (including phenoxy) is 1. The number of benzene rings is 1. The highest BCUT2D eigenvalue weighted by Gasteiger charge is 2.35. The Labute approximate surface area is 152 Å². The van der Waals surface area contributed by atoms with Crippen LogP contribution < -0.4 is 10.1 Å². The van der Waals surface area contributed by atoms with Gasteiger partial charge >= 0.3 is 13.1 Å². The molecule has 0 unspecified atom stereocenters. The highest BCUT2D eigenvalue weighted by molar-refractivity contribution is 6.41. The molecule has 0 spiro atoms. The lowest BCUT2D eigenvalue weighted by Gasteiger charge is -2.45. The van der Waals surface area contributed by atoms with Gasteiger partial charge in [0.2, 0.25) is 0 Å². The zero-order valence-electron chi connectivity index (χ0n) is 14.6. The van der Waals surface area contributed by atoms with E-state index in [1.165, 1.54) is 6.07 Å². The van der Waals surface area contributed by atoms with Crippen LogP contribution in [0.5, 0.6) is 11.5 Å². The minimum absolute atomic E-state index is 0.0137. The number of aromatic carboxylic acids is 1. The van der Waals surface area contributed by atoms with Gasteiger partial charge in [0.25, 0.3) is 0 Å². The van der Waals surface area contributed by atoms with Crippen LogP contribution in [0.25, 0.3) is 0 Å². The van der Waals surface area contributed by atoms with Gasteiger partial charge in [-0.1, -0.05) is 6.07 Å². The van der Waals surface area contributed by atoms with Gasteiger partial charge in [0.1, 0.15) is 23.2 Å². The number of carboxylic acids is 1. The number of piperidine rings is 1. The van der Waals surface area contributed by atoms with Gasteiger partial charge in [-0.05, 0) is 43.8 Å². The van der Waals surface area contributed by atoms with Gasteiger partial charge in [0.05, 0.1) is 0 Å². The van der Waals surface area contributed by atoms with Crippen molar-refractivity contribution in [1.82, 2.24) is 10.2 Å². The molecule has 9 heteroatoms. The van der Waals surface area contributed by atoms with Crippen LogP contribution in [0.15, 0.2) is 12.1 Å². The number of likely N-dealkylation sites (tertiary alicyclic amines) is 1. The highest BCUT2D eigenvalue weighted by atomic mass is 16.5. The van der Waals surface area contributed by atoms with Gasteiger partial charge in [0, 0.05) is 25.7 Å². The number of rotatable bonds is 7. The molecular formula is C17H25BN2O6. The van der Waals surface area contributed by atoms with Crippen molar-refractivity contribution in [1.29, 1.82) is 0 Å². The highest BCUT2D eigenvalue weighted by Crippen LogP contribution is 2.34. The van der Waals surface area contributed by atoms with E-state index < -0.39 is 13.1 Å². The van der Waals surface area contributed by atoms with Crippen molar-refractivity contribution in [2.24, 2.45) is 0 Å². The second-order valence-corrected chi connectivity index (χ2v) is 6.96. The molecule has 2 aliphatic rings. The molecule has 142 valence electrons. The van der Waals surface area contributed by atoms with Gasteiger partial charge in [0.15, 0.2) is 0 Å². The molecule has 2 saturated heterocycles. The molecule has 3 rings (SSSR count). The first kappa shape index (κ1) is 19.0. The second kappa shape index (κ2) is 8.26. The minimum Gasteiger partial charge on any atom is -0.507 e. The number of phenols is 1. The second-order valence-electron chi connectivity index (χ2n) is 6.96. The van der Waals surface area contributed by atoms with E-state index in [0.717, 1.165) is 39.0 Å². The lowest BCUT2D eigenvalue weighted by atomic mass is 9.82. The Bertz CT molecular complexity index is 644. The summed E-state index contributed by atoms with van der Waals surface area (Å²) in [6.07, 6.45) is 2.40. The maximum Gasteiger partial charge on any atom is 0.451 e. The molecule has 0 amide bonds. The first-order valence-corrected chi connectivity index (χ1v) is 9.01. The van der Waals surface area contributed by atoms with Crippen LogP contribution in [0.4, 0.5) is 0 Å². The number of hydrogen-bond acceptors (Lipinski definition) is 7. The lowest BCUT2D eigenvalue weighted by molar-refractivity contribution is -0.0156. The van der Waals surface area contributed by atoms with E-state index in [1.807, 2.05) is 0 Å². The maximum absolute atomic E-state index is 11.6. The van der Waals surface area contributed by atoms with Crippen molar-refractivity contribution in [3.8, 4) is 11.5 Å². The summed E-state index contributed by atoms with van der Waals surface area (Å²) < 4.78 is 5.82. The van der Waals surface area contributed by atoms with Crippen LogP contribution in [0.2, 0.25) is 6.32 Å². The first-order chi connectivity index (χ1) is 12.5. The summed E-state index contributed by atoms with van der Waals surface area (Å²) in [7, 11) is -1.51. The van der Waals surface area contributed by atoms with E-state index in [0.29, 0.717) is 11.6 Å². The van der Waals surface area contributed by atoms with Crippen LogP contribution in [-0.4, -0.2) is 76.6 Å². The Morgan fingerprint density at radius 1 is 1.35 bits per heavy atom. The molecule has 2 aliphatic heterocycles. The van der Waals surface area contributed by atoms with E-state index in [9.17, 15) is 15.0 Å². The Kier molecular flexibility index (Phi) is 6.03. The quantitative estimate of drug-likeness (QED) is 0.426. The van der Waals surface area contributed by atoms with Crippen molar-refractivity contribution >= 4 is 13.1 Å². The number of aromatic hydroxyl groups is 1. The normalized spacial score (nSPS) is 21.2. The van der Waals surface area contributed by atoms with Crippen LogP contribution in [0.3, 0.4) is 0 Å². The zero-order valence-corrected chi connectivity index (χ0v) is 14.6. The average molecular weight is 364 g/mol. The molecule has 0 aliphatic carbocycles. The first-order valence-electron chi connectivity index (χ1n) is 9.01. The van der Waals surface area contributed by atoms with Gasteiger partial charge in [-0.25, -0.2) is 4.79 Å². The summed E-state index contributed by atoms with van der Waals surface area (Å²) in [6, 6.07) is 3.61. The van der Waals surface area contributed by atoms with Gasteiger partial charge in [-0.3, -0.25) is 4.90 Å². The number of carboxylic acid groups (broad SMARTS) is 1. The third-order valence-corrected chi connectivity index (χ3v) is 5.07. The summed E-state index contributed by atoms with van der Waals surface area (Å²) in [6.45, 7) is 3.51. The molecule has 1 aromatic carbocycles. The van der Waals surface area contributed by atoms with Crippen molar-refractivity contribution < 1.29 is 29.8 Å². The standard InChI is InChI=1S/C17H25BN2O6/c21-16-11(5-6-18(24)25)3-4-14(15(16)17(22)23)26-13-9-20(10-13)12-2-1-7-19-8-12/h3-4,12-13,19,21,24-25H,1-2,5-10H2,(H,22,23)/t12-/m1/s1. The third kappa shape index (κ3) is 4.29. The third-order valence-electron chi connectivity index (χ3n) is 5.07. The van der Waals surface area contributed by atoms with E-state index in [2.05, 4.69) is 10.2 Å². The van der Waals surface area contributed by atoms with Crippen LogP contribution in [0, 0.1) is 0 Å². The average Bonchev–Trinajstić information content (AvgIpc) is 2.57. The number of nitrogens with zero attached hydrogens (tertiary/aromatic N) is 1. The van der Waals surface area contributed by atoms with Crippen molar-refractivity contribution in [2.75, 3.05) is 26.2 Å². The number of aryl methyl sites for hydroxylation is 1. The maximum atomic E-state index is 11.6. The Morgan fingerprint density at radius 3 is 2.73 bits per heavy atom. The van der Waals surface area contributed by atoms with Crippen molar-refractivity contribution in [3.05, 3.63) is 23.3 Å². The molecule has 5 N–H and O–H groups in total. The van der Waals surface area contributed by atoms with Crippen molar-refractivity contribution in [2.45, 2.75) is 37.7 Å². The summed E-state index contributed by atoms with van der Waals surface area (Å²) in [5.41, 5.74) is 0.0825. The Balaban J connectivity index is 1.64. The Morgan fingerprint density at radius 2 is 2.12 bits per heavy atom. The molecule has 0 saturated carbocycles. The summed E-state index contributed by atoms with van der Waals surface area (Å²) in [5.74, 6) is -1.49. The fourth-order valence-electron chi connectivity index (χ4n) is 3.57. The van der Waals surface area contributed by atoms with E-state index in [1.54, 1.807) is 6.07 Å². The molecule has 8 nitrogen and oxygen atoms in total. The van der Waals surface area contributed by atoms with Gasteiger partial charge in [-0.15, -0.1) is 0 Å². The SMILES string of the molecule is O=C(O)c1c(OC2CN([C@@H]3CCCNC3)C2)ccc(CCB(O)O)c1O. The minimum atomic E-state index is -1.51. The van der Waals surface area contributed by atoms with Crippen LogP contribution in [0.1, 0.15) is 28.8 Å². The summed E-state index contributed by atoms with van der Waals surface area (Å²) in [5, 5.41) is 41.0. The van der Waals surface area contributed by atoms with Crippen LogP contribution >= 0.6 is 0 Å². The molecule has 1 aromatic rings. The molecular weight excluding hydrogens is 339 g/mol. The molecule has 2 fully saturated rings. The lowest BCUT2D eigenvalue weighted by Crippen LogP contribution is -2.60. The molecule has 0 aromatic heterocycles. The fraction of sp³-hybridized carbons (Fsp3) is 0.588. The summed E-state index contributed by atoms with van der Waals surface area (Å²) in [4.78, 5) is 13.9. The number of carbonyl (C=O) groups is 1. The monoisotopic (exact) mass is 364 g/mol. The molecule has 0 radical (unpaired) electrons. The van der Waals surface area contributed by atoms with Gasteiger partial charge in [-0.2, -0.15) is 0 Å². The molecule has 0 bridgehead atoms. The van der Waals surface area contributed by atoms with Crippen LogP contribution in [-0.2, 0) is 6.42 Å². The number of hydrogen-bond donors (Lipinski definition) is 5. The number of nitrogens with one attached hydrogen (secondary N) is 1. The largest absolute Gasteiger partial charge is 0.507 e. The topological polar surface area (TPSA) is 122 Å². The fourth-order valence-corrected chi connectivity index (χ4v) is 3.57.